The molecule has 0 unspecified atom stereocenters. The minimum Gasteiger partial charge on any atom is -0.487 e. The van der Waals surface area contributed by atoms with Crippen molar-refractivity contribution in [1.29, 1.82) is 0 Å². The zero-order valence-electron chi connectivity index (χ0n) is 24.1. The third kappa shape index (κ3) is 6.82. The van der Waals surface area contributed by atoms with Gasteiger partial charge in [0, 0.05) is 44.0 Å². The van der Waals surface area contributed by atoms with Gasteiger partial charge in [0.05, 0.1) is 6.61 Å². The maximum Gasteiger partial charge on any atom is 0.247 e. The molecule has 0 saturated carbocycles. The second-order valence-corrected chi connectivity index (χ2v) is 12.8. The highest BCUT2D eigenvalue weighted by Crippen LogP contribution is 2.36. The molecule has 9 heteroatoms. The van der Waals surface area contributed by atoms with Crippen molar-refractivity contribution in [3.8, 4) is 28.4 Å². The van der Waals surface area contributed by atoms with Crippen LogP contribution in [0.3, 0.4) is 0 Å². The van der Waals surface area contributed by atoms with Crippen molar-refractivity contribution < 1.29 is 23.0 Å². The van der Waals surface area contributed by atoms with Gasteiger partial charge in [0.1, 0.15) is 28.2 Å². The predicted octanol–water partition coefficient (Wildman–Crippen LogP) is 5.44. The number of aliphatic hydroxyl groups excluding tert-OH is 1. The smallest absolute Gasteiger partial charge is 0.247 e. The lowest BCUT2D eigenvalue weighted by molar-refractivity contribution is 0.0734. The van der Waals surface area contributed by atoms with E-state index in [1.165, 1.54) is 4.31 Å². The highest BCUT2D eigenvalue weighted by molar-refractivity contribution is 7.89. The molecule has 1 N–H and O–H groups in total. The fourth-order valence-electron chi connectivity index (χ4n) is 5.14. The van der Waals surface area contributed by atoms with Crippen molar-refractivity contribution >= 4 is 10.0 Å². The fraction of sp³-hybridized carbons (Fsp3) is 0.303. The number of aliphatic hydroxyl groups is 1. The average Bonchev–Trinajstić information content (AvgIpc) is 3.00. The van der Waals surface area contributed by atoms with Gasteiger partial charge in [0.2, 0.25) is 10.0 Å². The lowest BCUT2D eigenvalue weighted by Gasteiger charge is -2.37. The van der Waals surface area contributed by atoms with Crippen molar-refractivity contribution in [3.05, 3.63) is 103 Å². The Kier molecular flexibility index (Phi) is 9.23. The first-order valence-corrected chi connectivity index (χ1v) is 15.5. The second-order valence-electron chi connectivity index (χ2n) is 10.9. The Balaban J connectivity index is 1.38. The van der Waals surface area contributed by atoms with Crippen LogP contribution in [0.15, 0.2) is 102 Å². The van der Waals surface area contributed by atoms with Crippen LogP contribution in [-0.2, 0) is 16.6 Å². The molecule has 0 spiro atoms. The molecule has 0 saturated heterocycles. The first-order valence-electron chi connectivity index (χ1n) is 14.1. The zero-order chi connectivity index (χ0) is 29.7. The summed E-state index contributed by atoms with van der Waals surface area (Å²) in [4.78, 5) is 6.37. The summed E-state index contributed by atoms with van der Waals surface area (Å²) in [5, 5.41) is 9.93. The van der Waals surface area contributed by atoms with Crippen LogP contribution in [0, 0.1) is 5.92 Å². The van der Waals surface area contributed by atoms with Crippen LogP contribution >= 0.6 is 0 Å². The molecule has 0 aliphatic carbocycles. The van der Waals surface area contributed by atoms with Crippen molar-refractivity contribution in [2.45, 2.75) is 37.4 Å². The van der Waals surface area contributed by atoms with E-state index in [2.05, 4.69) is 9.88 Å². The van der Waals surface area contributed by atoms with Crippen LogP contribution < -0.4 is 9.47 Å². The van der Waals surface area contributed by atoms with Gasteiger partial charge in [-0.1, -0.05) is 43.3 Å². The molecular formula is C33H37N3O5S. The SMILES string of the molecule is C[C@H]1CN([C@@H](C)CO)S(=O)(=O)c2ccc(-c3ccncc3)cc2O[C@@H]1CN(C)Cc1ccc(Oc2ccccc2)cc1. The van der Waals surface area contributed by atoms with E-state index in [-0.39, 0.29) is 30.1 Å². The molecule has 3 aromatic carbocycles. The van der Waals surface area contributed by atoms with E-state index in [0.717, 1.165) is 28.2 Å². The van der Waals surface area contributed by atoms with Crippen LogP contribution in [-0.4, -0.2) is 66.6 Å². The van der Waals surface area contributed by atoms with Gasteiger partial charge in [0.15, 0.2) is 0 Å². The highest BCUT2D eigenvalue weighted by atomic mass is 32.2. The predicted molar refractivity (Wildman–Crippen MR) is 163 cm³/mol. The van der Waals surface area contributed by atoms with E-state index < -0.39 is 16.1 Å². The molecule has 2 heterocycles. The molecule has 8 nitrogen and oxygen atoms in total. The molecule has 220 valence electrons. The van der Waals surface area contributed by atoms with Crippen LogP contribution in [0.25, 0.3) is 11.1 Å². The van der Waals surface area contributed by atoms with Gasteiger partial charge >= 0.3 is 0 Å². The van der Waals surface area contributed by atoms with Gasteiger partial charge in [-0.2, -0.15) is 4.31 Å². The largest absolute Gasteiger partial charge is 0.487 e. The molecule has 1 aliphatic heterocycles. The van der Waals surface area contributed by atoms with Gasteiger partial charge in [-0.25, -0.2) is 8.42 Å². The zero-order valence-corrected chi connectivity index (χ0v) is 24.9. The van der Waals surface area contributed by atoms with Gasteiger partial charge < -0.3 is 14.6 Å². The third-order valence-electron chi connectivity index (χ3n) is 7.53. The van der Waals surface area contributed by atoms with E-state index in [1.807, 2.05) is 80.7 Å². The number of hydrogen-bond acceptors (Lipinski definition) is 7. The Bertz CT molecular complexity index is 1570. The molecule has 0 bridgehead atoms. The third-order valence-corrected chi connectivity index (χ3v) is 9.55. The topological polar surface area (TPSA) is 92.2 Å². The number of aromatic nitrogens is 1. The van der Waals surface area contributed by atoms with Gasteiger partial charge in [-0.15, -0.1) is 0 Å². The minimum atomic E-state index is -3.90. The summed E-state index contributed by atoms with van der Waals surface area (Å²) in [5.41, 5.74) is 2.87. The number of nitrogens with zero attached hydrogens (tertiary/aromatic N) is 3. The first-order chi connectivity index (χ1) is 20.2. The molecule has 0 amide bonds. The molecule has 1 aromatic heterocycles. The maximum atomic E-state index is 13.8. The van der Waals surface area contributed by atoms with Crippen molar-refractivity contribution in [1.82, 2.24) is 14.2 Å². The number of sulfonamides is 1. The normalized spacial score (nSPS) is 19.3. The van der Waals surface area contributed by atoms with E-state index in [1.54, 1.807) is 37.5 Å². The standard InChI is InChI=1S/C33H37N3O5S/c1-24-20-36(25(2)23-37)42(38,39)33-14-11-28(27-15-17-34-18-16-27)19-31(33)41-32(24)22-35(3)21-26-9-12-30(13-10-26)40-29-7-5-4-6-8-29/h4-19,24-25,32,37H,20-23H2,1-3H3/t24-,25-,32+/m0/s1. The van der Waals surface area contributed by atoms with Crippen LogP contribution in [0.2, 0.25) is 0 Å². The second kappa shape index (κ2) is 13.0. The molecule has 1 aliphatic rings. The van der Waals surface area contributed by atoms with Gasteiger partial charge in [-0.3, -0.25) is 9.88 Å². The number of benzene rings is 3. The Morgan fingerprint density at radius 1 is 1.00 bits per heavy atom. The number of rotatable bonds is 9. The first kappa shape index (κ1) is 29.7. The van der Waals surface area contributed by atoms with Gasteiger partial charge in [-0.05, 0) is 79.2 Å². The Morgan fingerprint density at radius 2 is 1.69 bits per heavy atom. The fourth-order valence-corrected chi connectivity index (χ4v) is 6.96. The summed E-state index contributed by atoms with van der Waals surface area (Å²) in [6.45, 7) is 4.94. The highest BCUT2D eigenvalue weighted by Gasteiger charge is 2.38. The molecule has 3 atom stereocenters. The number of likely N-dealkylation sites (N-methyl/N-ethyl adjacent to an activating group) is 1. The summed E-state index contributed by atoms with van der Waals surface area (Å²) >= 11 is 0. The molecule has 4 aromatic rings. The van der Waals surface area contributed by atoms with Crippen molar-refractivity contribution in [2.24, 2.45) is 5.92 Å². The number of pyridine rings is 1. The number of hydrogen-bond donors (Lipinski definition) is 1. The van der Waals surface area contributed by atoms with Crippen LogP contribution in [0.1, 0.15) is 19.4 Å². The maximum absolute atomic E-state index is 13.8. The Morgan fingerprint density at radius 3 is 2.38 bits per heavy atom. The molecule has 42 heavy (non-hydrogen) atoms. The summed E-state index contributed by atoms with van der Waals surface area (Å²) in [6, 6.07) is 26.1. The molecular weight excluding hydrogens is 550 g/mol. The quantitative estimate of drug-likeness (QED) is 0.279. The summed E-state index contributed by atoms with van der Waals surface area (Å²) in [6.07, 6.45) is 3.11. The monoisotopic (exact) mass is 587 g/mol. The molecule has 0 fully saturated rings. The lowest BCUT2D eigenvalue weighted by atomic mass is 10.0. The van der Waals surface area contributed by atoms with Crippen LogP contribution in [0.4, 0.5) is 0 Å². The number of ether oxygens (including phenoxy) is 2. The lowest BCUT2D eigenvalue weighted by Crippen LogP contribution is -2.49. The Hall–Kier alpha value is -3.76. The van der Waals surface area contributed by atoms with E-state index in [0.29, 0.717) is 18.8 Å². The minimum absolute atomic E-state index is 0.106. The number of fused-ring (bicyclic) bond motifs is 1. The van der Waals surface area contributed by atoms with Crippen LogP contribution in [0.5, 0.6) is 17.2 Å². The van der Waals surface area contributed by atoms with E-state index in [4.69, 9.17) is 9.47 Å². The summed E-state index contributed by atoms with van der Waals surface area (Å²) in [5.74, 6) is 1.73. The molecule has 0 radical (unpaired) electrons. The molecule has 5 rings (SSSR count). The average molecular weight is 588 g/mol. The van der Waals surface area contributed by atoms with Crippen molar-refractivity contribution in [2.75, 3.05) is 26.7 Å². The summed E-state index contributed by atoms with van der Waals surface area (Å²) < 4.78 is 41.5. The van der Waals surface area contributed by atoms with Gasteiger partial charge in [0.25, 0.3) is 0 Å². The van der Waals surface area contributed by atoms with Crippen molar-refractivity contribution in [3.63, 3.8) is 0 Å². The Labute approximate surface area is 248 Å². The number of para-hydroxylation sites is 1. The van der Waals surface area contributed by atoms with E-state index in [9.17, 15) is 13.5 Å². The van der Waals surface area contributed by atoms with E-state index >= 15 is 0 Å². The summed E-state index contributed by atoms with van der Waals surface area (Å²) in [7, 11) is -1.87.